The van der Waals surface area contributed by atoms with E-state index in [-0.39, 0.29) is 6.10 Å². The molecule has 30 heavy (non-hydrogen) atoms. The molecule has 0 spiro atoms. The monoisotopic (exact) mass is 410 g/mol. The van der Waals surface area contributed by atoms with Crippen molar-refractivity contribution in [2.24, 2.45) is 0 Å². The summed E-state index contributed by atoms with van der Waals surface area (Å²) in [6, 6.07) is 2.61. The second-order valence-corrected chi connectivity index (χ2v) is 8.80. The van der Waals surface area contributed by atoms with E-state index in [4.69, 9.17) is 4.98 Å². The zero-order valence-corrected chi connectivity index (χ0v) is 18.4. The van der Waals surface area contributed by atoms with Gasteiger partial charge in [0.2, 0.25) is 0 Å². The first-order valence-corrected chi connectivity index (χ1v) is 11.2. The summed E-state index contributed by atoms with van der Waals surface area (Å²) in [5, 5.41) is 19.4. The fourth-order valence-corrected chi connectivity index (χ4v) is 4.26. The van der Waals surface area contributed by atoms with Gasteiger partial charge in [-0.15, -0.1) is 0 Å². The normalized spacial score (nSPS) is 19.6. The summed E-state index contributed by atoms with van der Waals surface area (Å²) in [7, 11) is 4.15. The number of aryl methyl sites for hydroxylation is 1. The fourth-order valence-electron chi connectivity index (χ4n) is 4.26. The number of rotatable bonds is 8. The van der Waals surface area contributed by atoms with Gasteiger partial charge in [-0.1, -0.05) is 13.3 Å². The van der Waals surface area contributed by atoms with Crippen LogP contribution in [0.1, 0.15) is 44.7 Å². The molecule has 7 nitrogen and oxygen atoms in total. The van der Waals surface area contributed by atoms with Crippen LogP contribution in [0.4, 0.5) is 5.69 Å². The quantitative estimate of drug-likeness (QED) is 0.528. The predicted octanol–water partition coefficient (Wildman–Crippen LogP) is 3.66. The van der Waals surface area contributed by atoms with Crippen LogP contribution >= 0.6 is 0 Å². The summed E-state index contributed by atoms with van der Waals surface area (Å²) in [6.07, 6.45) is 11.7. The number of aromatic amines is 1. The lowest BCUT2D eigenvalue weighted by Crippen LogP contribution is -2.28. The molecule has 162 valence electrons. The van der Waals surface area contributed by atoms with E-state index in [1.165, 1.54) is 5.69 Å². The Morgan fingerprint density at radius 2 is 2.03 bits per heavy atom. The number of H-pyrrole nitrogens is 1. The Balaban J connectivity index is 1.69. The van der Waals surface area contributed by atoms with E-state index in [0.717, 1.165) is 79.5 Å². The van der Waals surface area contributed by atoms with Gasteiger partial charge in [-0.3, -0.25) is 4.68 Å². The number of likely N-dealkylation sites (N-methyl/N-ethyl adjacent to an activating group) is 1. The standard InChI is InChI=1S/C23H34N6O/c1-4-5-18-12-20-22(26-17-6-8-19(30)9-7-17)21(14-24-23(20)27-18)16-13-25-29(15-16)11-10-28(2)3/h12-15,17,19,30H,4-11H2,1-3H3,(H2,24,26,27)/t17-,19-. The van der Waals surface area contributed by atoms with E-state index in [0.29, 0.717) is 6.04 Å². The summed E-state index contributed by atoms with van der Waals surface area (Å²) >= 11 is 0. The van der Waals surface area contributed by atoms with Crippen molar-refractivity contribution in [3.05, 3.63) is 30.4 Å². The maximum Gasteiger partial charge on any atom is 0.139 e. The molecule has 0 unspecified atom stereocenters. The molecule has 3 aromatic rings. The Labute approximate surface area is 178 Å². The fraction of sp³-hybridized carbons (Fsp3) is 0.565. The third-order valence-corrected chi connectivity index (χ3v) is 6.00. The topological polar surface area (TPSA) is 82.0 Å². The van der Waals surface area contributed by atoms with E-state index < -0.39 is 0 Å². The number of fused-ring (bicyclic) bond motifs is 1. The Morgan fingerprint density at radius 3 is 2.77 bits per heavy atom. The number of nitrogens with zero attached hydrogens (tertiary/aromatic N) is 4. The zero-order chi connectivity index (χ0) is 21.1. The molecular weight excluding hydrogens is 376 g/mol. The molecule has 4 rings (SSSR count). The van der Waals surface area contributed by atoms with Crippen LogP contribution in [-0.2, 0) is 13.0 Å². The van der Waals surface area contributed by atoms with Crippen LogP contribution in [0.25, 0.3) is 22.2 Å². The van der Waals surface area contributed by atoms with Crippen molar-refractivity contribution in [1.82, 2.24) is 24.6 Å². The van der Waals surface area contributed by atoms with Crippen LogP contribution in [0.15, 0.2) is 24.7 Å². The van der Waals surface area contributed by atoms with Crippen LogP contribution < -0.4 is 5.32 Å². The SMILES string of the molecule is CCCc1cc2c(N[C@H]3CC[C@H](O)CC3)c(-c3cnn(CCN(C)C)c3)cnc2[nH]1. The summed E-state index contributed by atoms with van der Waals surface area (Å²) in [5.41, 5.74) is 5.46. The van der Waals surface area contributed by atoms with E-state index in [9.17, 15) is 5.11 Å². The average Bonchev–Trinajstić information content (AvgIpc) is 3.35. The first-order chi connectivity index (χ1) is 14.5. The van der Waals surface area contributed by atoms with Gasteiger partial charge in [-0.2, -0.15) is 5.10 Å². The maximum absolute atomic E-state index is 9.89. The van der Waals surface area contributed by atoms with Crippen molar-refractivity contribution in [3.63, 3.8) is 0 Å². The van der Waals surface area contributed by atoms with Gasteiger partial charge in [-0.05, 0) is 52.3 Å². The van der Waals surface area contributed by atoms with Gasteiger partial charge in [-0.25, -0.2) is 4.98 Å². The summed E-state index contributed by atoms with van der Waals surface area (Å²) in [6.45, 7) is 4.00. The number of pyridine rings is 1. The molecule has 0 amide bonds. The van der Waals surface area contributed by atoms with Crippen molar-refractivity contribution < 1.29 is 5.11 Å². The minimum absolute atomic E-state index is 0.154. The molecule has 1 saturated carbocycles. The summed E-state index contributed by atoms with van der Waals surface area (Å²) in [4.78, 5) is 10.4. The zero-order valence-electron chi connectivity index (χ0n) is 18.4. The van der Waals surface area contributed by atoms with Gasteiger partial charge in [0.25, 0.3) is 0 Å². The molecule has 0 saturated heterocycles. The third-order valence-electron chi connectivity index (χ3n) is 6.00. The summed E-state index contributed by atoms with van der Waals surface area (Å²) in [5.74, 6) is 0. The van der Waals surface area contributed by atoms with Gasteiger partial charge in [0, 0.05) is 47.2 Å². The average molecular weight is 411 g/mol. The molecule has 7 heteroatoms. The van der Waals surface area contributed by atoms with Gasteiger partial charge in [0.15, 0.2) is 0 Å². The van der Waals surface area contributed by atoms with Gasteiger partial charge in [0.1, 0.15) is 5.65 Å². The smallest absolute Gasteiger partial charge is 0.139 e. The Bertz CT molecular complexity index is 967. The Kier molecular flexibility index (Phi) is 6.39. The van der Waals surface area contributed by atoms with E-state index in [1.54, 1.807) is 0 Å². The molecule has 3 N–H and O–H groups in total. The molecule has 0 radical (unpaired) electrons. The molecule has 0 atom stereocenters. The molecule has 0 aliphatic heterocycles. The van der Waals surface area contributed by atoms with Gasteiger partial charge < -0.3 is 20.3 Å². The highest BCUT2D eigenvalue weighted by Crippen LogP contribution is 2.36. The number of aromatic nitrogens is 4. The number of aliphatic hydroxyl groups is 1. The second-order valence-electron chi connectivity index (χ2n) is 8.80. The van der Waals surface area contributed by atoms with Crippen molar-refractivity contribution in [1.29, 1.82) is 0 Å². The highest BCUT2D eigenvalue weighted by atomic mass is 16.3. The third kappa shape index (κ3) is 4.68. The van der Waals surface area contributed by atoms with E-state index in [1.807, 2.05) is 17.1 Å². The predicted molar refractivity (Wildman–Crippen MR) is 122 cm³/mol. The highest BCUT2D eigenvalue weighted by Gasteiger charge is 2.22. The van der Waals surface area contributed by atoms with E-state index >= 15 is 0 Å². The van der Waals surface area contributed by atoms with Gasteiger partial charge in [0.05, 0.1) is 24.5 Å². The number of hydrogen-bond acceptors (Lipinski definition) is 5. The lowest BCUT2D eigenvalue weighted by molar-refractivity contribution is 0.126. The lowest BCUT2D eigenvalue weighted by atomic mass is 9.92. The highest BCUT2D eigenvalue weighted by molar-refractivity contribution is 5.98. The first kappa shape index (κ1) is 20.9. The van der Waals surface area contributed by atoms with Crippen molar-refractivity contribution in [2.75, 3.05) is 26.0 Å². The van der Waals surface area contributed by atoms with Crippen molar-refractivity contribution >= 4 is 16.7 Å². The van der Waals surface area contributed by atoms with Crippen LogP contribution in [-0.4, -0.2) is 62.5 Å². The number of nitrogens with one attached hydrogen (secondary N) is 2. The number of aliphatic hydroxyl groups excluding tert-OH is 1. The summed E-state index contributed by atoms with van der Waals surface area (Å²) < 4.78 is 2.00. The van der Waals surface area contributed by atoms with Crippen molar-refractivity contribution in [2.45, 2.75) is 64.1 Å². The molecule has 0 aromatic carbocycles. The van der Waals surface area contributed by atoms with Gasteiger partial charge >= 0.3 is 0 Å². The first-order valence-electron chi connectivity index (χ1n) is 11.2. The number of hydrogen-bond donors (Lipinski definition) is 3. The molecule has 3 aromatic heterocycles. The molecule has 1 fully saturated rings. The Hall–Kier alpha value is -2.38. The minimum atomic E-state index is -0.154. The van der Waals surface area contributed by atoms with Crippen LogP contribution in [0.5, 0.6) is 0 Å². The molecule has 1 aliphatic rings. The lowest BCUT2D eigenvalue weighted by Gasteiger charge is -2.28. The van der Waals surface area contributed by atoms with Crippen LogP contribution in [0, 0.1) is 0 Å². The molecule has 3 heterocycles. The minimum Gasteiger partial charge on any atom is -0.393 e. The molecular formula is C23H34N6O. The largest absolute Gasteiger partial charge is 0.393 e. The van der Waals surface area contributed by atoms with Crippen LogP contribution in [0.2, 0.25) is 0 Å². The second kappa shape index (κ2) is 9.18. The maximum atomic E-state index is 9.89. The molecule has 1 aliphatic carbocycles. The van der Waals surface area contributed by atoms with Crippen molar-refractivity contribution in [3.8, 4) is 11.1 Å². The van der Waals surface area contributed by atoms with Crippen LogP contribution in [0.3, 0.4) is 0 Å². The Morgan fingerprint density at radius 1 is 1.23 bits per heavy atom. The molecule has 0 bridgehead atoms. The number of anilines is 1. The van der Waals surface area contributed by atoms with E-state index in [2.05, 4.69) is 53.6 Å².